The van der Waals surface area contributed by atoms with Crippen LogP contribution in [0, 0.1) is 5.82 Å². The average molecular weight is 457 g/mol. The van der Waals surface area contributed by atoms with Crippen molar-refractivity contribution in [2.45, 2.75) is 11.1 Å². The number of rotatable bonds is 3. The zero-order chi connectivity index (χ0) is 22.7. The van der Waals surface area contributed by atoms with Crippen LogP contribution in [0.5, 0.6) is 0 Å². The molecule has 0 spiro atoms. The third-order valence-electron chi connectivity index (χ3n) is 5.91. The summed E-state index contributed by atoms with van der Waals surface area (Å²) >= 11 is 7.41. The lowest BCUT2D eigenvalue weighted by atomic mass is 9.83. The lowest BCUT2D eigenvalue weighted by Crippen LogP contribution is -2.22. The van der Waals surface area contributed by atoms with E-state index in [2.05, 4.69) is 4.98 Å². The Labute approximate surface area is 186 Å². The van der Waals surface area contributed by atoms with Crippen LogP contribution in [0.2, 0.25) is 0 Å². The standard InChI is InChI=1S/C25H17ClF4N2/c1-32-14-20(17-5-2-3-8-22(17)32)24(26,15-9-11-16(12-10-15)25(28,29)30)19-13-31-23-18(19)6-4-7-21(23)27/h2-14,31H,1H3. The topological polar surface area (TPSA) is 20.7 Å². The number of halogens is 5. The first kappa shape index (κ1) is 20.6. The van der Waals surface area contributed by atoms with Gasteiger partial charge < -0.3 is 9.55 Å². The molecule has 2 nitrogen and oxygen atoms in total. The first-order chi connectivity index (χ1) is 15.2. The van der Waals surface area contributed by atoms with Crippen molar-refractivity contribution in [3.8, 4) is 0 Å². The summed E-state index contributed by atoms with van der Waals surface area (Å²) in [5.74, 6) is -0.432. The van der Waals surface area contributed by atoms with E-state index in [1.54, 1.807) is 18.3 Å². The second-order valence-electron chi connectivity index (χ2n) is 7.77. The largest absolute Gasteiger partial charge is 0.416 e. The van der Waals surface area contributed by atoms with Crippen molar-refractivity contribution in [2.24, 2.45) is 7.05 Å². The summed E-state index contributed by atoms with van der Waals surface area (Å²) < 4.78 is 55.9. The Bertz CT molecular complexity index is 1450. The number of hydrogen-bond donors (Lipinski definition) is 1. The fourth-order valence-electron chi connectivity index (χ4n) is 4.36. The highest BCUT2D eigenvalue weighted by molar-refractivity contribution is 6.30. The Kier molecular flexibility index (Phi) is 4.60. The van der Waals surface area contributed by atoms with E-state index in [0.29, 0.717) is 27.6 Å². The van der Waals surface area contributed by atoms with E-state index < -0.39 is 22.4 Å². The van der Waals surface area contributed by atoms with Gasteiger partial charge >= 0.3 is 6.18 Å². The number of fused-ring (bicyclic) bond motifs is 2. The molecule has 0 fully saturated rings. The van der Waals surface area contributed by atoms with Crippen LogP contribution in [-0.4, -0.2) is 9.55 Å². The molecular weight excluding hydrogens is 440 g/mol. The molecule has 3 aromatic carbocycles. The van der Waals surface area contributed by atoms with Crippen molar-refractivity contribution in [2.75, 3.05) is 0 Å². The van der Waals surface area contributed by atoms with Gasteiger partial charge in [0.15, 0.2) is 0 Å². The van der Waals surface area contributed by atoms with Crippen LogP contribution < -0.4 is 0 Å². The minimum absolute atomic E-state index is 0.291. The normalized spacial score (nSPS) is 14.2. The number of aryl methyl sites for hydroxylation is 1. The molecule has 0 radical (unpaired) electrons. The second-order valence-corrected chi connectivity index (χ2v) is 8.34. The van der Waals surface area contributed by atoms with Crippen LogP contribution in [0.1, 0.15) is 22.3 Å². The van der Waals surface area contributed by atoms with Crippen LogP contribution in [0.4, 0.5) is 17.6 Å². The molecule has 2 aromatic heterocycles. The minimum atomic E-state index is -4.46. The maximum absolute atomic E-state index is 14.4. The number of alkyl halides is 4. The van der Waals surface area contributed by atoms with Gasteiger partial charge in [0, 0.05) is 46.9 Å². The fourth-order valence-corrected chi connectivity index (χ4v) is 4.80. The molecule has 1 N–H and O–H groups in total. The first-order valence-electron chi connectivity index (χ1n) is 9.88. The molecule has 0 saturated carbocycles. The molecule has 5 rings (SSSR count). The zero-order valence-electron chi connectivity index (χ0n) is 16.8. The monoisotopic (exact) mass is 456 g/mol. The highest BCUT2D eigenvalue weighted by Crippen LogP contribution is 2.49. The first-order valence-corrected chi connectivity index (χ1v) is 10.3. The minimum Gasteiger partial charge on any atom is -0.358 e. The molecule has 0 bridgehead atoms. The zero-order valence-corrected chi connectivity index (χ0v) is 17.6. The van der Waals surface area contributed by atoms with Crippen molar-refractivity contribution < 1.29 is 17.6 Å². The van der Waals surface area contributed by atoms with Gasteiger partial charge in [0.1, 0.15) is 10.7 Å². The lowest BCUT2D eigenvalue weighted by molar-refractivity contribution is -0.137. The van der Waals surface area contributed by atoms with E-state index in [1.165, 1.54) is 18.2 Å². The number of para-hydroxylation sites is 2. The molecule has 162 valence electrons. The van der Waals surface area contributed by atoms with Crippen molar-refractivity contribution in [3.63, 3.8) is 0 Å². The highest BCUT2D eigenvalue weighted by Gasteiger charge is 2.40. The quantitative estimate of drug-likeness (QED) is 0.216. The number of nitrogens with zero attached hydrogens (tertiary/aromatic N) is 1. The van der Waals surface area contributed by atoms with Gasteiger partial charge in [0.25, 0.3) is 0 Å². The van der Waals surface area contributed by atoms with Crippen molar-refractivity contribution in [1.82, 2.24) is 9.55 Å². The van der Waals surface area contributed by atoms with Crippen LogP contribution in [-0.2, 0) is 18.1 Å². The molecule has 0 amide bonds. The van der Waals surface area contributed by atoms with E-state index in [1.807, 2.05) is 42.1 Å². The lowest BCUT2D eigenvalue weighted by Gasteiger charge is -2.28. The van der Waals surface area contributed by atoms with Gasteiger partial charge in [-0.2, -0.15) is 13.2 Å². The molecule has 0 aliphatic rings. The molecule has 7 heteroatoms. The summed E-state index contributed by atoms with van der Waals surface area (Å²) in [5.41, 5.74) is 2.16. The van der Waals surface area contributed by atoms with Crippen LogP contribution in [0.15, 0.2) is 79.1 Å². The van der Waals surface area contributed by atoms with Gasteiger partial charge in [-0.3, -0.25) is 0 Å². The number of H-pyrrole nitrogens is 1. The van der Waals surface area contributed by atoms with E-state index in [4.69, 9.17) is 11.6 Å². The smallest absolute Gasteiger partial charge is 0.358 e. The Hall–Kier alpha value is -3.25. The molecular formula is C25H17ClF4N2. The third kappa shape index (κ3) is 3.01. The number of aromatic nitrogens is 2. The third-order valence-corrected chi connectivity index (χ3v) is 6.54. The predicted octanol–water partition coefficient (Wildman–Crippen LogP) is 7.35. The summed E-state index contributed by atoms with van der Waals surface area (Å²) in [6.45, 7) is 0. The molecule has 0 saturated heterocycles. The van der Waals surface area contributed by atoms with E-state index in [9.17, 15) is 17.6 Å². The van der Waals surface area contributed by atoms with Crippen LogP contribution in [0.3, 0.4) is 0 Å². The SMILES string of the molecule is Cn1cc(C(Cl)(c2ccc(C(F)(F)F)cc2)c2c[nH]c3c(F)cccc23)c2ccccc21. The average Bonchev–Trinajstić information content (AvgIpc) is 3.36. The maximum Gasteiger partial charge on any atom is 0.416 e. The second kappa shape index (κ2) is 7.14. The van der Waals surface area contributed by atoms with Gasteiger partial charge in [0.2, 0.25) is 0 Å². The Morgan fingerprint density at radius 2 is 1.47 bits per heavy atom. The Morgan fingerprint density at radius 3 is 2.19 bits per heavy atom. The van der Waals surface area contributed by atoms with Gasteiger partial charge in [-0.1, -0.05) is 42.5 Å². The van der Waals surface area contributed by atoms with Crippen molar-refractivity contribution >= 4 is 33.4 Å². The van der Waals surface area contributed by atoms with Gasteiger partial charge in [-0.15, -0.1) is 11.6 Å². The molecule has 5 aromatic rings. The molecule has 1 unspecified atom stereocenters. The molecule has 32 heavy (non-hydrogen) atoms. The number of benzene rings is 3. The molecule has 0 aliphatic heterocycles. The summed E-state index contributed by atoms with van der Waals surface area (Å²) in [6.07, 6.45) is -0.968. The van der Waals surface area contributed by atoms with Crippen molar-refractivity contribution in [1.29, 1.82) is 0 Å². The summed E-state index contributed by atoms with van der Waals surface area (Å²) in [6, 6.07) is 17.1. The molecule has 1 atom stereocenters. The highest BCUT2D eigenvalue weighted by atomic mass is 35.5. The Balaban J connectivity index is 1.84. The molecule has 0 aliphatic carbocycles. The molecule has 2 heterocycles. The summed E-state index contributed by atoms with van der Waals surface area (Å²) in [7, 11) is 1.88. The van der Waals surface area contributed by atoms with Gasteiger partial charge in [-0.25, -0.2) is 4.39 Å². The van der Waals surface area contributed by atoms with Crippen molar-refractivity contribution in [3.05, 3.63) is 107 Å². The number of hydrogen-bond acceptors (Lipinski definition) is 0. The fraction of sp³-hybridized carbons (Fsp3) is 0.120. The number of nitrogens with one attached hydrogen (secondary N) is 1. The van der Waals surface area contributed by atoms with Crippen LogP contribution >= 0.6 is 11.6 Å². The number of aromatic amines is 1. The van der Waals surface area contributed by atoms with Gasteiger partial charge in [-0.05, 0) is 29.8 Å². The Morgan fingerprint density at radius 1 is 0.812 bits per heavy atom. The predicted molar refractivity (Wildman–Crippen MR) is 118 cm³/mol. The van der Waals surface area contributed by atoms with Crippen LogP contribution in [0.25, 0.3) is 21.8 Å². The summed E-state index contributed by atoms with van der Waals surface area (Å²) in [4.78, 5) is 1.58. The van der Waals surface area contributed by atoms with E-state index in [-0.39, 0.29) is 0 Å². The van der Waals surface area contributed by atoms with E-state index >= 15 is 0 Å². The summed E-state index contributed by atoms with van der Waals surface area (Å²) in [5, 5.41) is 1.42. The van der Waals surface area contributed by atoms with Gasteiger partial charge in [0.05, 0.1) is 11.1 Å². The maximum atomic E-state index is 14.4. The van der Waals surface area contributed by atoms with E-state index in [0.717, 1.165) is 23.0 Å².